The SMILES string of the molecule is O=c1ccc2c(ccc3nc(-c4ccccc4)ccc32)o1. The van der Waals surface area contributed by atoms with E-state index in [0.717, 1.165) is 27.5 Å². The van der Waals surface area contributed by atoms with Crippen LogP contribution < -0.4 is 5.63 Å². The van der Waals surface area contributed by atoms with E-state index in [2.05, 4.69) is 0 Å². The van der Waals surface area contributed by atoms with Crippen LogP contribution in [-0.2, 0) is 0 Å². The fourth-order valence-corrected chi connectivity index (χ4v) is 2.53. The van der Waals surface area contributed by atoms with E-state index in [-0.39, 0.29) is 5.63 Å². The molecule has 0 bridgehead atoms. The second-order valence-corrected chi connectivity index (χ2v) is 4.86. The lowest BCUT2D eigenvalue weighted by Crippen LogP contribution is -1.95. The van der Waals surface area contributed by atoms with E-state index in [1.54, 1.807) is 12.1 Å². The van der Waals surface area contributed by atoms with Crippen LogP contribution in [-0.4, -0.2) is 4.98 Å². The van der Waals surface area contributed by atoms with Gasteiger partial charge in [-0.2, -0.15) is 0 Å². The predicted octanol–water partition coefficient (Wildman–Crippen LogP) is 4.01. The third kappa shape index (κ3) is 1.99. The fourth-order valence-electron chi connectivity index (χ4n) is 2.53. The van der Waals surface area contributed by atoms with E-state index >= 15 is 0 Å². The summed E-state index contributed by atoms with van der Waals surface area (Å²) in [5, 5.41) is 1.88. The zero-order valence-electron chi connectivity index (χ0n) is 11.1. The molecule has 2 heterocycles. The molecule has 4 aromatic rings. The van der Waals surface area contributed by atoms with Crippen molar-refractivity contribution in [3.8, 4) is 11.3 Å². The van der Waals surface area contributed by atoms with Crippen LogP contribution in [0, 0.1) is 0 Å². The molecule has 0 aliphatic carbocycles. The summed E-state index contributed by atoms with van der Waals surface area (Å²) in [5.41, 5.74) is 3.15. The molecule has 2 aromatic carbocycles. The number of fused-ring (bicyclic) bond motifs is 3. The number of hydrogen-bond donors (Lipinski definition) is 0. The Morgan fingerprint density at radius 1 is 0.762 bits per heavy atom. The highest BCUT2D eigenvalue weighted by Gasteiger charge is 2.06. The molecule has 2 aromatic heterocycles. The minimum absolute atomic E-state index is 0.337. The van der Waals surface area contributed by atoms with Crippen LogP contribution in [0.2, 0.25) is 0 Å². The first-order valence-corrected chi connectivity index (χ1v) is 6.70. The molecule has 0 amide bonds. The molecule has 0 spiro atoms. The van der Waals surface area contributed by atoms with Crippen LogP contribution in [0.4, 0.5) is 0 Å². The average molecular weight is 273 g/mol. The molecule has 4 rings (SSSR count). The number of rotatable bonds is 1. The van der Waals surface area contributed by atoms with Gasteiger partial charge in [0.1, 0.15) is 5.58 Å². The maximum Gasteiger partial charge on any atom is 0.336 e. The van der Waals surface area contributed by atoms with Gasteiger partial charge >= 0.3 is 5.63 Å². The number of nitrogens with zero attached hydrogens (tertiary/aromatic N) is 1. The monoisotopic (exact) mass is 273 g/mol. The molecule has 21 heavy (non-hydrogen) atoms. The Labute approximate surface area is 120 Å². The molecule has 0 aliphatic heterocycles. The summed E-state index contributed by atoms with van der Waals surface area (Å²) < 4.78 is 5.20. The number of benzene rings is 2. The van der Waals surface area contributed by atoms with Crippen molar-refractivity contribution in [2.75, 3.05) is 0 Å². The van der Waals surface area contributed by atoms with E-state index in [1.807, 2.05) is 48.5 Å². The molecule has 0 N–H and O–H groups in total. The van der Waals surface area contributed by atoms with Gasteiger partial charge in [-0.25, -0.2) is 9.78 Å². The molecule has 0 saturated carbocycles. The van der Waals surface area contributed by atoms with Crippen molar-refractivity contribution in [2.24, 2.45) is 0 Å². The van der Waals surface area contributed by atoms with Crippen LogP contribution in [0.1, 0.15) is 0 Å². The quantitative estimate of drug-likeness (QED) is 0.389. The molecule has 0 saturated heterocycles. The van der Waals surface area contributed by atoms with E-state index in [4.69, 9.17) is 9.40 Å². The largest absolute Gasteiger partial charge is 0.423 e. The van der Waals surface area contributed by atoms with E-state index in [0.29, 0.717) is 5.58 Å². The second-order valence-electron chi connectivity index (χ2n) is 4.86. The predicted molar refractivity (Wildman–Crippen MR) is 83.2 cm³/mol. The Balaban J connectivity index is 1.99. The molecule has 3 nitrogen and oxygen atoms in total. The fraction of sp³-hybridized carbons (Fsp3) is 0. The first-order chi connectivity index (χ1) is 10.3. The molecule has 0 unspecified atom stereocenters. The summed E-state index contributed by atoms with van der Waals surface area (Å²) >= 11 is 0. The van der Waals surface area contributed by atoms with Crippen LogP contribution >= 0.6 is 0 Å². The maximum atomic E-state index is 11.3. The Morgan fingerprint density at radius 2 is 1.57 bits per heavy atom. The van der Waals surface area contributed by atoms with Gasteiger partial charge in [0, 0.05) is 22.4 Å². The summed E-state index contributed by atoms with van der Waals surface area (Å²) in [6.07, 6.45) is 0. The zero-order valence-corrected chi connectivity index (χ0v) is 11.1. The third-order valence-corrected chi connectivity index (χ3v) is 3.54. The van der Waals surface area contributed by atoms with Crippen molar-refractivity contribution in [3.63, 3.8) is 0 Å². The van der Waals surface area contributed by atoms with Crippen LogP contribution in [0.15, 0.2) is 75.9 Å². The summed E-state index contributed by atoms with van der Waals surface area (Å²) in [4.78, 5) is 16.0. The van der Waals surface area contributed by atoms with Gasteiger partial charge in [-0.3, -0.25) is 0 Å². The molecule has 0 radical (unpaired) electrons. The maximum absolute atomic E-state index is 11.3. The van der Waals surface area contributed by atoms with Crippen molar-refractivity contribution in [1.29, 1.82) is 0 Å². The molecular weight excluding hydrogens is 262 g/mol. The normalized spacial score (nSPS) is 11.0. The van der Waals surface area contributed by atoms with Crippen LogP contribution in [0.5, 0.6) is 0 Å². The van der Waals surface area contributed by atoms with Crippen molar-refractivity contribution in [3.05, 3.63) is 77.2 Å². The number of aromatic nitrogens is 1. The van der Waals surface area contributed by atoms with Crippen LogP contribution in [0.25, 0.3) is 33.1 Å². The van der Waals surface area contributed by atoms with Crippen molar-refractivity contribution < 1.29 is 4.42 Å². The lowest BCUT2D eigenvalue weighted by molar-refractivity contribution is 0.561. The topological polar surface area (TPSA) is 43.1 Å². The minimum Gasteiger partial charge on any atom is -0.423 e. The Hall–Kier alpha value is -2.94. The molecule has 0 aliphatic rings. The number of hydrogen-bond acceptors (Lipinski definition) is 3. The first kappa shape index (κ1) is 11.9. The molecule has 0 fully saturated rings. The lowest BCUT2D eigenvalue weighted by Gasteiger charge is -2.05. The highest BCUT2D eigenvalue weighted by molar-refractivity contribution is 6.04. The van der Waals surface area contributed by atoms with Crippen LogP contribution in [0.3, 0.4) is 0 Å². The molecule has 100 valence electrons. The lowest BCUT2D eigenvalue weighted by atomic mass is 10.1. The minimum atomic E-state index is -0.337. The molecule has 0 atom stereocenters. The van der Waals surface area contributed by atoms with E-state index in [9.17, 15) is 4.79 Å². The van der Waals surface area contributed by atoms with Gasteiger partial charge in [0.15, 0.2) is 0 Å². The summed E-state index contributed by atoms with van der Waals surface area (Å²) in [7, 11) is 0. The molecule has 3 heteroatoms. The van der Waals surface area contributed by atoms with Gasteiger partial charge in [-0.15, -0.1) is 0 Å². The Bertz CT molecular complexity index is 1000. The second kappa shape index (κ2) is 4.56. The first-order valence-electron chi connectivity index (χ1n) is 6.70. The molecular formula is C18H11NO2. The van der Waals surface area contributed by atoms with Gasteiger partial charge in [-0.1, -0.05) is 30.3 Å². The summed E-state index contributed by atoms with van der Waals surface area (Å²) in [6.45, 7) is 0. The highest BCUT2D eigenvalue weighted by atomic mass is 16.4. The summed E-state index contributed by atoms with van der Waals surface area (Å²) in [5.74, 6) is 0. The van der Waals surface area contributed by atoms with Gasteiger partial charge in [0.05, 0.1) is 11.2 Å². The van der Waals surface area contributed by atoms with E-state index < -0.39 is 0 Å². The number of pyridine rings is 1. The van der Waals surface area contributed by atoms with Crippen molar-refractivity contribution >= 4 is 21.9 Å². The smallest absolute Gasteiger partial charge is 0.336 e. The Morgan fingerprint density at radius 3 is 2.43 bits per heavy atom. The third-order valence-electron chi connectivity index (χ3n) is 3.54. The highest BCUT2D eigenvalue weighted by Crippen LogP contribution is 2.26. The van der Waals surface area contributed by atoms with Crippen molar-refractivity contribution in [1.82, 2.24) is 4.98 Å². The van der Waals surface area contributed by atoms with Crippen molar-refractivity contribution in [2.45, 2.75) is 0 Å². The Kier molecular flexibility index (Phi) is 2.57. The van der Waals surface area contributed by atoms with Gasteiger partial charge < -0.3 is 4.42 Å². The standard InChI is InChI=1S/C18H11NO2/c20-18-11-7-14-13-6-8-15(12-4-2-1-3-5-12)19-16(13)9-10-17(14)21-18/h1-11H. The van der Waals surface area contributed by atoms with Gasteiger partial charge in [0.25, 0.3) is 0 Å². The van der Waals surface area contributed by atoms with Gasteiger partial charge in [0.2, 0.25) is 0 Å². The van der Waals surface area contributed by atoms with Gasteiger partial charge in [-0.05, 0) is 30.3 Å². The zero-order chi connectivity index (χ0) is 14.2. The summed E-state index contributed by atoms with van der Waals surface area (Å²) in [6, 6.07) is 21.0. The van der Waals surface area contributed by atoms with E-state index in [1.165, 1.54) is 6.07 Å². The average Bonchev–Trinajstić information content (AvgIpc) is 2.54.